The highest BCUT2D eigenvalue weighted by Gasteiger charge is 2.28. The number of alkyl halides is 2. The molecule has 0 aliphatic carbocycles. The number of amides is 1. The second-order valence-electron chi connectivity index (χ2n) is 4.87. The fraction of sp³-hybridized carbons (Fsp3) is 0.500. The van der Waals surface area contributed by atoms with E-state index < -0.39 is 12.7 Å². The van der Waals surface area contributed by atoms with Crippen molar-refractivity contribution >= 4 is 5.91 Å². The Balaban J connectivity index is 2.11. The van der Waals surface area contributed by atoms with Gasteiger partial charge in [0.15, 0.2) is 0 Å². The van der Waals surface area contributed by atoms with Crippen molar-refractivity contribution in [2.45, 2.75) is 25.7 Å². The quantitative estimate of drug-likeness (QED) is 0.916. The molecule has 1 aliphatic rings. The van der Waals surface area contributed by atoms with Gasteiger partial charge in [-0.15, -0.1) is 0 Å². The number of ether oxygens (including phenoxy) is 2. The molecule has 1 fully saturated rings. The van der Waals surface area contributed by atoms with Gasteiger partial charge in [-0.05, 0) is 25.1 Å². The van der Waals surface area contributed by atoms with E-state index in [9.17, 15) is 13.6 Å². The van der Waals surface area contributed by atoms with E-state index >= 15 is 0 Å². The van der Waals surface area contributed by atoms with E-state index in [4.69, 9.17) is 9.84 Å². The maximum Gasteiger partial charge on any atom is 0.387 e. The van der Waals surface area contributed by atoms with Gasteiger partial charge in [0.25, 0.3) is 5.91 Å². The smallest absolute Gasteiger partial charge is 0.387 e. The number of hydrogen-bond donors (Lipinski definition) is 1. The van der Waals surface area contributed by atoms with Gasteiger partial charge in [0, 0.05) is 18.7 Å². The zero-order valence-electron chi connectivity index (χ0n) is 11.5. The van der Waals surface area contributed by atoms with Crippen molar-refractivity contribution in [3.63, 3.8) is 0 Å². The van der Waals surface area contributed by atoms with E-state index in [1.165, 1.54) is 29.2 Å². The Morgan fingerprint density at radius 1 is 1.52 bits per heavy atom. The Kier molecular flexibility index (Phi) is 5.08. The summed E-state index contributed by atoms with van der Waals surface area (Å²) < 4.78 is 34.1. The lowest BCUT2D eigenvalue weighted by atomic mass is 10.1. The van der Waals surface area contributed by atoms with Gasteiger partial charge in [0.2, 0.25) is 0 Å². The van der Waals surface area contributed by atoms with Crippen LogP contribution in [0.1, 0.15) is 17.3 Å². The number of carbonyl (C=O) groups is 1. The first-order chi connectivity index (χ1) is 9.99. The first-order valence-corrected chi connectivity index (χ1v) is 6.60. The van der Waals surface area contributed by atoms with Gasteiger partial charge in [-0.2, -0.15) is 8.78 Å². The SMILES string of the molecule is CC1CN(C(=O)c2cccc(OC(F)F)c2)CC(CO)O1. The minimum absolute atomic E-state index is 0.0594. The third-order valence-electron chi connectivity index (χ3n) is 3.12. The highest BCUT2D eigenvalue weighted by Crippen LogP contribution is 2.19. The van der Waals surface area contributed by atoms with Crippen LogP contribution in [-0.4, -0.2) is 54.4 Å². The molecule has 0 spiro atoms. The lowest BCUT2D eigenvalue weighted by Gasteiger charge is -2.36. The maximum absolute atomic E-state index is 12.4. The normalized spacial score (nSPS) is 22.4. The van der Waals surface area contributed by atoms with Crippen molar-refractivity contribution in [2.75, 3.05) is 19.7 Å². The molecule has 2 rings (SSSR count). The second kappa shape index (κ2) is 6.82. The van der Waals surface area contributed by atoms with Crippen LogP contribution in [0.4, 0.5) is 8.78 Å². The topological polar surface area (TPSA) is 59.0 Å². The molecule has 1 amide bonds. The Bertz CT molecular complexity index is 498. The average Bonchev–Trinajstić information content (AvgIpc) is 2.45. The summed E-state index contributed by atoms with van der Waals surface area (Å²) in [5, 5.41) is 9.16. The molecule has 0 bridgehead atoms. The molecule has 21 heavy (non-hydrogen) atoms. The summed E-state index contributed by atoms with van der Waals surface area (Å²) in [6, 6.07) is 5.66. The molecule has 116 valence electrons. The number of morpholine rings is 1. The summed E-state index contributed by atoms with van der Waals surface area (Å²) in [7, 11) is 0. The van der Waals surface area contributed by atoms with E-state index in [0.717, 1.165) is 0 Å². The minimum atomic E-state index is -2.93. The monoisotopic (exact) mass is 301 g/mol. The van der Waals surface area contributed by atoms with Crippen LogP contribution in [0.25, 0.3) is 0 Å². The van der Waals surface area contributed by atoms with Gasteiger partial charge in [0.05, 0.1) is 18.8 Å². The number of carbonyl (C=O) groups excluding carboxylic acids is 1. The molecule has 5 nitrogen and oxygen atoms in total. The van der Waals surface area contributed by atoms with Crippen LogP contribution in [0.3, 0.4) is 0 Å². The molecule has 2 atom stereocenters. The number of nitrogens with zero attached hydrogens (tertiary/aromatic N) is 1. The van der Waals surface area contributed by atoms with Crippen molar-refractivity contribution in [3.05, 3.63) is 29.8 Å². The van der Waals surface area contributed by atoms with Crippen LogP contribution >= 0.6 is 0 Å². The highest BCUT2D eigenvalue weighted by atomic mass is 19.3. The standard InChI is InChI=1S/C14H17F2NO4/c1-9-6-17(7-12(8-18)20-9)13(19)10-3-2-4-11(5-10)21-14(15)16/h2-5,9,12,14,18H,6-8H2,1H3. The van der Waals surface area contributed by atoms with Gasteiger partial charge in [-0.3, -0.25) is 4.79 Å². The number of benzene rings is 1. The molecule has 1 heterocycles. The summed E-state index contributed by atoms with van der Waals surface area (Å²) >= 11 is 0. The van der Waals surface area contributed by atoms with Crippen molar-refractivity contribution < 1.29 is 28.2 Å². The molecule has 0 saturated carbocycles. The number of hydrogen-bond acceptors (Lipinski definition) is 4. The van der Waals surface area contributed by atoms with Crippen LogP contribution in [0.5, 0.6) is 5.75 Å². The van der Waals surface area contributed by atoms with E-state index in [1.807, 2.05) is 0 Å². The third-order valence-corrected chi connectivity index (χ3v) is 3.12. The summed E-state index contributed by atoms with van der Waals surface area (Å²) in [5.41, 5.74) is 0.263. The predicted molar refractivity (Wildman–Crippen MR) is 70.4 cm³/mol. The summed E-state index contributed by atoms with van der Waals surface area (Å²) in [4.78, 5) is 13.9. The van der Waals surface area contributed by atoms with Crippen LogP contribution < -0.4 is 4.74 Å². The molecule has 0 radical (unpaired) electrons. The fourth-order valence-electron chi connectivity index (χ4n) is 2.30. The molecule has 1 aromatic rings. The van der Waals surface area contributed by atoms with Crippen molar-refractivity contribution in [1.29, 1.82) is 0 Å². The third kappa shape index (κ3) is 4.12. The summed E-state index contributed by atoms with van der Waals surface area (Å²) in [5.74, 6) is -0.362. The van der Waals surface area contributed by atoms with Crippen molar-refractivity contribution in [3.8, 4) is 5.75 Å². The van der Waals surface area contributed by atoms with Gasteiger partial charge < -0.3 is 19.5 Å². The Hall–Kier alpha value is -1.73. The number of rotatable bonds is 4. The van der Waals surface area contributed by atoms with Crippen LogP contribution in [0.2, 0.25) is 0 Å². The average molecular weight is 301 g/mol. The van der Waals surface area contributed by atoms with E-state index in [2.05, 4.69) is 4.74 Å². The maximum atomic E-state index is 12.4. The number of aliphatic hydroxyl groups excluding tert-OH is 1. The molecule has 1 N–H and O–H groups in total. The minimum Gasteiger partial charge on any atom is -0.435 e. The first kappa shape index (κ1) is 15.7. The van der Waals surface area contributed by atoms with Crippen molar-refractivity contribution in [2.24, 2.45) is 0 Å². The van der Waals surface area contributed by atoms with E-state index in [0.29, 0.717) is 6.54 Å². The molecular weight excluding hydrogens is 284 g/mol. The van der Waals surface area contributed by atoms with Gasteiger partial charge in [-0.1, -0.05) is 6.07 Å². The Morgan fingerprint density at radius 2 is 2.29 bits per heavy atom. The Morgan fingerprint density at radius 3 is 2.95 bits per heavy atom. The number of halogens is 2. The van der Waals surface area contributed by atoms with Crippen molar-refractivity contribution in [1.82, 2.24) is 4.90 Å². The lowest BCUT2D eigenvalue weighted by Crippen LogP contribution is -2.50. The molecule has 1 aliphatic heterocycles. The van der Waals surface area contributed by atoms with Crippen LogP contribution in [-0.2, 0) is 4.74 Å². The Labute approximate surface area is 121 Å². The zero-order chi connectivity index (χ0) is 15.4. The van der Waals surface area contributed by atoms with Gasteiger partial charge in [0.1, 0.15) is 5.75 Å². The summed E-state index contributed by atoms with van der Waals surface area (Å²) in [6.07, 6.45) is -0.626. The van der Waals surface area contributed by atoms with Gasteiger partial charge in [-0.25, -0.2) is 0 Å². The largest absolute Gasteiger partial charge is 0.435 e. The first-order valence-electron chi connectivity index (χ1n) is 6.60. The molecule has 1 saturated heterocycles. The highest BCUT2D eigenvalue weighted by molar-refractivity contribution is 5.94. The molecule has 1 aromatic carbocycles. The van der Waals surface area contributed by atoms with Gasteiger partial charge >= 0.3 is 6.61 Å². The van der Waals surface area contributed by atoms with Crippen LogP contribution in [0.15, 0.2) is 24.3 Å². The zero-order valence-corrected chi connectivity index (χ0v) is 11.5. The lowest BCUT2D eigenvalue weighted by molar-refractivity contribution is -0.0858. The second-order valence-corrected chi connectivity index (χ2v) is 4.87. The van der Waals surface area contributed by atoms with E-state index in [1.54, 1.807) is 6.92 Å². The predicted octanol–water partition coefficient (Wildman–Crippen LogP) is 1.51. The van der Waals surface area contributed by atoms with Crippen LogP contribution in [0, 0.1) is 0 Å². The number of aliphatic hydroxyl groups is 1. The molecule has 2 unspecified atom stereocenters. The fourth-order valence-corrected chi connectivity index (χ4v) is 2.30. The molecule has 0 aromatic heterocycles. The molecule has 7 heteroatoms. The molecular formula is C14H17F2NO4. The van der Waals surface area contributed by atoms with E-state index in [-0.39, 0.29) is 36.5 Å². The summed E-state index contributed by atoms with van der Waals surface area (Å²) in [6.45, 7) is -0.659.